The van der Waals surface area contributed by atoms with Crippen molar-refractivity contribution in [3.8, 4) is 16.9 Å². The Morgan fingerprint density at radius 1 is 0.969 bits per heavy atom. The highest BCUT2D eigenvalue weighted by atomic mass is 16.2. The normalized spacial score (nSPS) is 16.7. The lowest BCUT2D eigenvalue weighted by Gasteiger charge is -2.37. The molecule has 1 saturated heterocycles. The molecule has 32 heavy (non-hydrogen) atoms. The fourth-order valence-electron chi connectivity index (χ4n) is 4.18. The summed E-state index contributed by atoms with van der Waals surface area (Å²) in [6.45, 7) is 5.08. The van der Waals surface area contributed by atoms with Crippen LogP contribution in [0.25, 0.3) is 16.9 Å². The number of nitrogens with one attached hydrogen (secondary N) is 2. The summed E-state index contributed by atoms with van der Waals surface area (Å²) in [5.74, 6) is -0.574. The van der Waals surface area contributed by atoms with Gasteiger partial charge in [0.15, 0.2) is 0 Å². The summed E-state index contributed by atoms with van der Waals surface area (Å²) in [5.41, 5.74) is 7.89. The highest BCUT2D eigenvalue weighted by molar-refractivity contribution is 6.00. The van der Waals surface area contributed by atoms with Crippen molar-refractivity contribution in [2.45, 2.75) is 45.2 Å². The molecule has 2 N–H and O–H groups in total. The first-order valence-electron chi connectivity index (χ1n) is 11.1. The summed E-state index contributed by atoms with van der Waals surface area (Å²) in [4.78, 5) is 28.1. The highest BCUT2D eigenvalue weighted by Crippen LogP contribution is 2.24. The molecule has 2 heterocycles. The Hall–Kier alpha value is -3.45. The van der Waals surface area contributed by atoms with Crippen molar-refractivity contribution < 1.29 is 9.59 Å². The third-order valence-corrected chi connectivity index (χ3v) is 5.84. The minimum absolute atomic E-state index is 0.177. The third kappa shape index (κ3) is 4.73. The first-order valence-corrected chi connectivity index (χ1v) is 11.1. The molecule has 2 amide bonds. The number of piperidine rings is 1. The van der Waals surface area contributed by atoms with E-state index in [1.165, 1.54) is 0 Å². The maximum Gasteiger partial charge on any atom is 0.273 e. The summed E-state index contributed by atoms with van der Waals surface area (Å²) >= 11 is 0. The van der Waals surface area contributed by atoms with Crippen LogP contribution in [0.15, 0.2) is 66.9 Å². The van der Waals surface area contributed by atoms with Crippen LogP contribution in [0, 0.1) is 0 Å². The summed E-state index contributed by atoms with van der Waals surface area (Å²) in [6, 6.07) is 19.2. The van der Waals surface area contributed by atoms with Crippen LogP contribution >= 0.6 is 0 Å². The number of likely N-dealkylation sites (tertiary alicyclic amines) is 1. The monoisotopic (exact) mass is 431 g/mol. The Labute approximate surface area is 188 Å². The molecule has 7 heteroatoms. The average molecular weight is 432 g/mol. The number of hydrogen-bond donors (Lipinski definition) is 2. The molecule has 0 bridgehead atoms. The number of carbonyl (C=O) groups is 2. The van der Waals surface area contributed by atoms with Crippen LogP contribution < -0.4 is 10.9 Å². The Balaban J connectivity index is 1.55. The zero-order chi connectivity index (χ0) is 22.5. The second kappa shape index (κ2) is 9.78. The largest absolute Gasteiger partial charge is 0.289 e. The fourth-order valence-corrected chi connectivity index (χ4v) is 4.18. The number of rotatable bonds is 5. The predicted molar refractivity (Wildman–Crippen MR) is 124 cm³/mol. The van der Waals surface area contributed by atoms with Crippen LogP contribution in [0.3, 0.4) is 0 Å². The first kappa shape index (κ1) is 21.8. The first-order chi connectivity index (χ1) is 15.5. The standard InChI is InChI=1S/C25H29N5O2/c1-18(2)29-16-10-9-15-22(29)25(32)27-26-24(31)21-17-30(20-13-7-4-8-14-20)28-23(21)19-11-5-3-6-12-19/h3-8,11-14,17-18,22H,9-10,15-16H2,1-2H3,(H,26,31)(H,27,32). The highest BCUT2D eigenvalue weighted by Gasteiger charge is 2.30. The van der Waals surface area contributed by atoms with Crippen LogP contribution in [0.2, 0.25) is 0 Å². The number of amides is 2. The van der Waals surface area contributed by atoms with Crippen LogP contribution in [-0.2, 0) is 4.79 Å². The van der Waals surface area contributed by atoms with Crippen molar-refractivity contribution in [2.75, 3.05) is 6.54 Å². The minimum atomic E-state index is -0.397. The number of nitrogens with zero attached hydrogens (tertiary/aromatic N) is 3. The molecule has 1 aliphatic rings. The van der Waals surface area contributed by atoms with E-state index in [9.17, 15) is 9.59 Å². The van der Waals surface area contributed by atoms with Crippen molar-refractivity contribution in [2.24, 2.45) is 0 Å². The Bertz CT molecular complexity index is 1060. The van der Waals surface area contributed by atoms with Gasteiger partial charge in [-0.15, -0.1) is 0 Å². The Morgan fingerprint density at radius 2 is 1.66 bits per heavy atom. The van der Waals surface area contributed by atoms with Gasteiger partial charge in [-0.25, -0.2) is 4.68 Å². The van der Waals surface area contributed by atoms with E-state index in [1.807, 2.05) is 60.7 Å². The molecule has 1 fully saturated rings. The quantitative estimate of drug-likeness (QED) is 0.606. The van der Waals surface area contributed by atoms with Gasteiger partial charge in [-0.05, 0) is 45.4 Å². The molecule has 1 unspecified atom stereocenters. The van der Waals surface area contributed by atoms with Gasteiger partial charge in [0.2, 0.25) is 0 Å². The van der Waals surface area contributed by atoms with E-state index < -0.39 is 5.91 Å². The fraction of sp³-hybridized carbons (Fsp3) is 0.320. The molecule has 1 aromatic heterocycles. The van der Waals surface area contributed by atoms with Crippen LogP contribution in [0.5, 0.6) is 0 Å². The van der Waals surface area contributed by atoms with E-state index in [0.717, 1.165) is 37.1 Å². The summed E-state index contributed by atoms with van der Waals surface area (Å²) in [5, 5.41) is 4.66. The van der Waals surface area contributed by atoms with E-state index in [4.69, 9.17) is 0 Å². The molecule has 1 aliphatic heterocycles. The number of benzene rings is 2. The zero-order valence-corrected chi connectivity index (χ0v) is 18.5. The van der Waals surface area contributed by atoms with E-state index in [0.29, 0.717) is 11.3 Å². The van der Waals surface area contributed by atoms with Gasteiger partial charge in [-0.1, -0.05) is 55.0 Å². The minimum Gasteiger partial charge on any atom is -0.289 e. The van der Waals surface area contributed by atoms with E-state index in [1.54, 1.807) is 10.9 Å². The number of carbonyl (C=O) groups excluding carboxylic acids is 2. The molecule has 166 valence electrons. The second-order valence-corrected chi connectivity index (χ2v) is 8.32. The summed E-state index contributed by atoms with van der Waals surface area (Å²) in [6.07, 6.45) is 4.59. The van der Waals surface area contributed by atoms with Gasteiger partial charge in [-0.2, -0.15) is 5.10 Å². The summed E-state index contributed by atoms with van der Waals surface area (Å²) < 4.78 is 1.68. The lowest BCUT2D eigenvalue weighted by atomic mass is 10.00. The molecule has 7 nitrogen and oxygen atoms in total. The predicted octanol–water partition coefficient (Wildman–Crippen LogP) is 3.56. The lowest BCUT2D eigenvalue weighted by molar-refractivity contribution is -0.129. The molecule has 2 aromatic carbocycles. The molecule has 4 rings (SSSR count). The van der Waals surface area contributed by atoms with E-state index in [2.05, 4.69) is 34.7 Å². The third-order valence-electron chi connectivity index (χ3n) is 5.84. The molecule has 0 radical (unpaired) electrons. The van der Waals surface area contributed by atoms with Gasteiger partial charge < -0.3 is 0 Å². The van der Waals surface area contributed by atoms with Gasteiger partial charge >= 0.3 is 0 Å². The number of aromatic nitrogens is 2. The maximum absolute atomic E-state index is 13.1. The van der Waals surface area contributed by atoms with Crippen molar-refractivity contribution >= 4 is 11.8 Å². The number of para-hydroxylation sites is 1. The molecular weight excluding hydrogens is 402 g/mol. The van der Waals surface area contributed by atoms with Crippen molar-refractivity contribution in [1.29, 1.82) is 0 Å². The van der Waals surface area contributed by atoms with E-state index >= 15 is 0 Å². The Kier molecular flexibility index (Phi) is 6.66. The molecule has 0 spiro atoms. The van der Waals surface area contributed by atoms with Crippen LogP contribution in [0.4, 0.5) is 0 Å². The molecule has 0 aliphatic carbocycles. The van der Waals surface area contributed by atoms with Gasteiger partial charge in [0, 0.05) is 17.8 Å². The molecule has 1 atom stereocenters. The SMILES string of the molecule is CC(C)N1CCCCC1C(=O)NNC(=O)c1cn(-c2ccccc2)nc1-c1ccccc1. The van der Waals surface area contributed by atoms with Gasteiger partial charge in [0.1, 0.15) is 5.69 Å². The molecule has 3 aromatic rings. The van der Waals surface area contributed by atoms with Crippen molar-refractivity contribution in [3.05, 3.63) is 72.4 Å². The van der Waals surface area contributed by atoms with Crippen molar-refractivity contribution in [1.82, 2.24) is 25.5 Å². The van der Waals surface area contributed by atoms with E-state index in [-0.39, 0.29) is 18.0 Å². The second-order valence-electron chi connectivity index (χ2n) is 8.32. The lowest BCUT2D eigenvalue weighted by Crippen LogP contribution is -2.55. The van der Waals surface area contributed by atoms with Crippen LogP contribution in [0.1, 0.15) is 43.5 Å². The summed E-state index contributed by atoms with van der Waals surface area (Å²) in [7, 11) is 0. The van der Waals surface area contributed by atoms with Crippen molar-refractivity contribution in [3.63, 3.8) is 0 Å². The Morgan fingerprint density at radius 3 is 2.34 bits per heavy atom. The topological polar surface area (TPSA) is 79.3 Å². The maximum atomic E-state index is 13.1. The van der Waals surface area contributed by atoms with Gasteiger partial charge in [0.05, 0.1) is 17.3 Å². The van der Waals surface area contributed by atoms with Crippen LogP contribution in [-0.4, -0.2) is 45.1 Å². The number of hydrogen-bond acceptors (Lipinski definition) is 4. The zero-order valence-electron chi connectivity index (χ0n) is 18.5. The molecular formula is C25H29N5O2. The average Bonchev–Trinajstić information content (AvgIpc) is 3.29. The van der Waals surface area contributed by atoms with Gasteiger partial charge in [0.25, 0.3) is 11.8 Å². The number of hydrazine groups is 1. The van der Waals surface area contributed by atoms with Gasteiger partial charge in [-0.3, -0.25) is 25.3 Å². The smallest absolute Gasteiger partial charge is 0.273 e. The molecule has 0 saturated carbocycles.